The first kappa shape index (κ1) is 14.2. The number of amides is 1. The van der Waals surface area contributed by atoms with Gasteiger partial charge in [-0.2, -0.15) is 0 Å². The van der Waals surface area contributed by atoms with Crippen molar-refractivity contribution < 1.29 is 19.0 Å². The minimum Gasteiger partial charge on any atom is -0.454 e. The highest BCUT2D eigenvalue weighted by molar-refractivity contribution is 5.86. The smallest absolute Gasteiger partial charge is 0.411 e. The van der Waals surface area contributed by atoms with E-state index in [1.165, 1.54) is 7.11 Å². The van der Waals surface area contributed by atoms with E-state index in [2.05, 4.69) is 10.1 Å². The maximum absolute atomic E-state index is 11.5. The lowest BCUT2D eigenvalue weighted by atomic mass is 9.97. The van der Waals surface area contributed by atoms with E-state index in [9.17, 15) is 4.79 Å². The molecule has 6 nitrogen and oxygen atoms in total. The Morgan fingerprint density at radius 3 is 2.59 bits per heavy atom. The average Bonchev–Trinajstić information content (AvgIpc) is 3.01. The summed E-state index contributed by atoms with van der Waals surface area (Å²) in [6, 6.07) is 12.7. The molecule has 1 atom stereocenters. The third-order valence-corrected chi connectivity index (χ3v) is 3.46. The summed E-state index contributed by atoms with van der Waals surface area (Å²) in [5.74, 6) is 1.17. The van der Waals surface area contributed by atoms with Crippen molar-refractivity contribution in [2.45, 2.75) is 6.04 Å². The molecule has 1 aliphatic heterocycles. The van der Waals surface area contributed by atoms with Gasteiger partial charge in [0.25, 0.3) is 0 Å². The van der Waals surface area contributed by atoms with Crippen LogP contribution in [0.1, 0.15) is 17.2 Å². The fraction of sp³-hybridized carbons (Fsp3) is 0.188. The Bertz CT molecular complexity index is 688. The predicted octanol–water partition coefficient (Wildman–Crippen LogP) is 2.64. The van der Waals surface area contributed by atoms with Crippen LogP contribution < -0.4 is 20.5 Å². The summed E-state index contributed by atoms with van der Waals surface area (Å²) in [5.41, 5.74) is 8.52. The van der Waals surface area contributed by atoms with Crippen LogP contribution in [0.25, 0.3) is 0 Å². The van der Waals surface area contributed by atoms with Crippen molar-refractivity contribution in [2.24, 2.45) is 5.73 Å². The van der Waals surface area contributed by atoms with Crippen molar-refractivity contribution in [1.82, 2.24) is 0 Å². The lowest BCUT2D eigenvalue weighted by Crippen LogP contribution is -2.18. The Hall–Kier alpha value is -2.73. The number of hydrogen-bond acceptors (Lipinski definition) is 5. The van der Waals surface area contributed by atoms with E-state index in [0.29, 0.717) is 17.2 Å². The lowest BCUT2D eigenvalue weighted by Gasteiger charge is -2.18. The largest absolute Gasteiger partial charge is 0.454 e. The van der Waals surface area contributed by atoms with Crippen LogP contribution in [0.3, 0.4) is 0 Å². The number of fused-ring (bicyclic) bond motifs is 1. The molecule has 6 heteroatoms. The van der Waals surface area contributed by atoms with Gasteiger partial charge in [-0.25, -0.2) is 4.79 Å². The molecular formula is C16H16N2O4. The van der Waals surface area contributed by atoms with Gasteiger partial charge in [-0.1, -0.05) is 30.3 Å². The Morgan fingerprint density at radius 2 is 1.91 bits per heavy atom. The zero-order valence-electron chi connectivity index (χ0n) is 12.0. The summed E-state index contributed by atoms with van der Waals surface area (Å²) in [7, 11) is 1.30. The monoisotopic (exact) mass is 300 g/mol. The van der Waals surface area contributed by atoms with E-state index in [0.717, 1.165) is 11.1 Å². The maximum Gasteiger partial charge on any atom is 0.411 e. The highest BCUT2D eigenvalue weighted by atomic mass is 16.7. The molecule has 0 aromatic heterocycles. The third-order valence-electron chi connectivity index (χ3n) is 3.46. The van der Waals surface area contributed by atoms with Crippen molar-refractivity contribution in [2.75, 3.05) is 19.2 Å². The van der Waals surface area contributed by atoms with Gasteiger partial charge < -0.3 is 19.9 Å². The molecule has 114 valence electrons. The van der Waals surface area contributed by atoms with Crippen LogP contribution in [-0.4, -0.2) is 20.0 Å². The molecule has 0 saturated carbocycles. The van der Waals surface area contributed by atoms with Gasteiger partial charge in [0, 0.05) is 11.6 Å². The van der Waals surface area contributed by atoms with Gasteiger partial charge in [0.2, 0.25) is 6.79 Å². The normalized spacial score (nSPS) is 13.5. The minimum atomic E-state index is -0.569. The molecule has 0 saturated heterocycles. The van der Waals surface area contributed by atoms with E-state index < -0.39 is 12.1 Å². The molecule has 2 aromatic rings. The van der Waals surface area contributed by atoms with Crippen LogP contribution in [0.2, 0.25) is 0 Å². The number of carbonyl (C=O) groups excluding carboxylic acids is 1. The first-order valence-corrected chi connectivity index (χ1v) is 6.78. The minimum absolute atomic E-state index is 0.150. The molecule has 1 heterocycles. The van der Waals surface area contributed by atoms with Gasteiger partial charge in [0.05, 0.1) is 18.8 Å². The topological polar surface area (TPSA) is 82.8 Å². The highest BCUT2D eigenvalue weighted by Crippen LogP contribution is 2.40. The number of anilines is 1. The molecule has 0 spiro atoms. The summed E-state index contributed by atoms with van der Waals surface area (Å²) in [6.07, 6.45) is -0.569. The molecule has 0 bridgehead atoms. The quantitative estimate of drug-likeness (QED) is 0.910. The molecule has 3 N–H and O–H groups in total. The highest BCUT2D eigenvalue weighted by Gasteiger charge is 2.22. The number of hydrogen-bond donors (Lipinski definition) is 2. The third kappa shape index (κ3) is 2.68. The van der Waals surface area contributed by atoms with Crippen LogP contribution in [0, 0.1) is 0 Å². The van der Waals surface area contributed by atoms with Gasteiger partial charge in [-0.15, -0.1) is 0 Å². The predicted molar refractivity (Wildman–Crippen MR) is 81.1 cm³/mol. The molecule has 0 radical (unpaired) electrons. The van der Waals surface area contributed by atoms with Crippen LogP contribution in [0.4, 0.5) is 10.5 Å². The van der Waals surface area contributed by atoms with E-state index in [4.69, 9.17) is 15.2 Å². The zero-order valence-corrected chi connectivity index (χ0v) is 12.0. The van der Waals surface area contributed by atoms with Crippen molar-refractivity contribution in [1.29, 1.82) is 0 Å². The summed E-state index contributed by atoms with van der Waals surface area (Å²) in [6.45, 7) is 0.150. The number of carbonyl (C=O) groups is 1. The molecule has 1 amide bonds. The Morgan fingerprint density at radius 1 is 1.23 bits per heavy atom. The number of ether oxygens (including phenoxy) is 3. The maximum atomic E-state index is 11.5. The van der Waals surface area contributed by atoms with Crippen LogP contribution in [-0.2, 0) is 4.74 Å². The van der Waals surface area contributed by atoms with Crippen LogP contribution >= 0.6 is 0 Å². The number of nitrogens with two attached hydrogens (primary N) is 1. The SMILES string of the molecule is COC(=O)Nc1cc2c(cc1C(N)c1ccccc1)OCO2. The van der Waals surface area contributed by atoms with Crippen molar-refractivity contribution in [3.8, 4) is 11.5 Å². The van der Waals surface area contributed by atoms with Gasteiger partial charge in [0.1, 0.15) is 0 Å². The summed E-state index contributed by atoms with van der Waals surface area (Å²) in [5, 5.41) is 2.66. The van der Waals surface area contributed by atoms with Crippen molar-refractivity contribution in [3.05, 3.63) is 53.6 Å². The molecule has 0 aliphatic carbocycles. The van der Waals surface area contributed by atoms with Crippen molar-refractivity contribution in [3.63, 3.8) is 0 Å². The molecule has 2 aromatic carbocycles. The van der Waals surface area contributed by atoms with E-state index in [1.54, 1.807) is 12.1 Å². The standard InChI is InChI=1S/C16H16N2O4/c1-20-16(19)18-12-8-14-13(21-9-22-14)7-11(12)15(17)10-5-3-2-4-6-10/h2-8,15H,9,17H2,1H3,(H,18,19). The summed E-state index contributed by atoms with van der Waals surface area (Å²) < 4.78 is 15.4. The second-order valence-corrected chi connectivity index (χ2v) is 4.80. The summed E-state index contributed by atoms with van der Waals surface area (Å²) >= 11 is 0. The molecule has 22 heavy (non-hydrogen) atoms. The number of nitrogens with one attached hydrogen (secondary N) is 1. The van der Waals surface area contributed by atoms with Gasteiger partial charge in [-0.05, 0) is 11.6 Å². The first-order valence-electron chi connectivity index (χ1n) is 6.78. The van der Waals surface area contributed by atoms with E-state index >= 15 is 0 Å². The second kappa shape index (κ2) is 5.95. The zero-order chi connectivity index (χ0) is 15.5. The van der Waals surface area contributed by atoms with Crippen molar-refractivity contribution >= 4 is 11.8 Å². The molecular weight excluding hydrogens is 284 g/mol. The number of rotatable bonds is 3. The van der Waals surface area contributed by atoms with Gasteiger partial charge >= 0.3 is 6.09 Å². The first-order chi connectivity index (χ1) is 10.7. The Labute approximate surface area is 127 Å². The van der Waals surface area contributed by atoms with Crippen LogP contribution in [0.15, 0.2) is 42.5 Å². The van der Waals surface area contributed by atoms with E-state index in [1.807, 2.05) is 30.3 Å². The fourth-order valence-corrected chi connectivity index (χ4v) is 2.32. The Kier molecular flexibility index (Phi) is 3.84. The summed E-state index contributed by atoms with van der Waals surface area (Å²) in [4.78, 5) is 11.5. The molecule has 0 fully saturated rings. The Balaban J connectivity index is 2.02. The molecule has 1 unspecified atom stereocenters. The van der Waals surface area contributed by atoms with Gasteiger partial charge in [-0.3, -0.25) is 5.32 Å². The average molecular weight is 300 g/mol. The van der Waals surface area contributed by atoms with Crippen LogP contribution in [0.5, 0.6) is 11.5 Å². The molecule has 3 rings (SSSR count). The molecule has 1 aliphatic rings. The number of benzene rings is 2. The fourth-order valence-electron chi connectivity index (χ4n) is 2.32. The number of methoxy groups -OCH3 is 1. The lowest BCUT2D eigenvalue weighted by molar-refractivity contribution is 0.174. The second-order valence-electron chi connectivity index (χ2n) is 4.80. The van der Waals surface area contributed by atoms with Gasteiger partial charge in [0.15, 0.2) is 11.5 Å². The van der Waals surface area contributed by atoms with E-state index in [-0.39, 0.29) is 6.79 Å².